The number of methoxy groups -OCH3 is 1. The normalized spacial score (nSPS) is 11.4. The van der Waals surface area contributed by atoms with Crippen LogP contribution < -0.4 is 15.4 Å². The second-order valence-electron chi connectivity index (χ2n) is 6.94. The highest BCUT2D eigenvalue weighted by molar-refractivity contribution is 5.79. The van der Waals surface area contributed by atoms with Crippen LogP contribution in [0.15, 0.2) is 72.2 Å². The number of guanidine groups is 1. The van der Waals surface area contributed by atoms with Gasteiger partial charge in [-0.3, -0.25) is 0 Å². The molecular weight excluding hydrogens is 390 g/mol. The molecule has 2 aromatic carbocycles. The Morgan fingerprint density at radius 1 is 1.10 bits per heavy atom. The van der Waals surface area contributed by atoms with E-state index in [9.17, 15) is 0 Å². The van der Waals surface area contributed by atoms with Gasteiger partial charge in [0.05, 0.1) is 25.7 Å². The lowest BCUT2D eigenvalue weighted by molar-refractivity contribution is 0.145. The second-order valence-corrected chi connectivity index (χ2v) is 6.94. The van der Waals surface area contributed by atoms with E-state index in [1.807, 2.05) is 60.4 Å². The van der Waals surface area contributed by atoms with E-state index in [0.29, 0.717) is 13.1 Å². The SMILES string of the molecule is CCOCCCNC(=NCc1ccc(OC)cc1)NCc1ccccc1-n1ccnc1. The molecule has 0 spiro atoms. The topological polar surface area (TPSA) is 72.7 Å². The summed E-state index contributed by atoms with van der Waals surface area (Å²) in [6.07, 6.45) is 6.46. The van der Waals surface area contributed by atoms with Gasteiger partial charge in [0.25, 0.3) is 0 Å². The van der Waals surface area contributed by atoms with Gasteiger partial charge in [0, 0.05) is 38.7 Å². The maximum absolute atomic E-state index is 5.43. The molecule has 2 N–H and O–H groups in total. The zero-order chi connectivity index (χ0) is 21.7. The summed E-state index contributed by atoms with van der Waals surface area (Å²) in [5.74, 6) is 1.61. The van der Waals surface area contributed by atoms with Crippen molar-refractivity contribution in [2.75, 3.05) is 26.9 Å². The van der Waals surface area contributed by atoms with Crippen molar-refractivity contribution in [1.82, 2.24) is 20.2 Å². The van der Waals surface area contributed by atoms with Gasteiger partial charge in [-0.15, -0.1) is 0 Å². The summed E-state index contributed by atoms with van der Waals surface area (Å²) in [5, 5.41) is 6.87. The highest BCUT2D eigenvalue weighted by Crippen LogP contribution is 2.14. The van der Waals surface area contributed by atoms with Gasteiger partial charge < -0.3 is 24.7 Å². The van der Waals surface area contributed by atoms with Gasteiger partial charge in [-0.05, 0) is 42.7 Å². The molecule has 1 heterocycles. The van der Waals surface area contributed by atoms with Gasteiger partial charge in [-0.25, -0.2) is 9.98 Å². The summed E-state index contributed by atoms with van der Waals surface area (Å²) in [7, 11) is 1.67. The predicted molar refractivity (Wildman–Crippen MR) is 124 cm³/mol. The van der Waals surface area contributed by atoms with E-state index < -0.39 is 0 Å². The van der Waals surface area contributed by atoms with Gasteiger partial charge in [-0.2, -0.15) is 0 Å². The summed E-state index contributed by atoms with van der Waals surface area (Å²) >= 11 is 0. The van der Waals surface area contributed by atoms with Crippen LogP contribution in [-0.4, -0.2) is 42.4 Å². The third kappa shape index (κ3) is 7.15. The van der Waals surface area contributed by atoms with Crippen LogP contribution in [0.3, 0.4) is 0 Å². The van der Waals surface area contributed by atoms with Gasteiger partial charge in [0.1, 0.15) is 5.75 Å². The first-order valence-corrected chi connectivity index (χ1v) is 10.6. The van der Waals surface area contributed by atoms with Gasteiger partial charge in [-0.1, -0.05) is 30.3 Å². The van der Waals surface area contributed by atoms with Crippen molar-refractivity contribution in [2.24, 2.45) is 4.99 Å². The molecule has 3 aromatic rings. The van der Waals surface area contributed by atoms with Crippen LogP contribution in [0.2, 0.25) is 0 Å². The first-order chi connectivity index (χ1) is 15.3. The average molecular weight is 422 g/mol. The minimum atomic E-state index is 0.577. The highest BCUT2D eigenvalue weighted by atomic mass is 16.5. The first-order valence-electron chi connectivity index (χ1n) is 10.6. The zero-order valence-electron chi connectivity index (χ0n) is 18.3. The summed E-state index contributed by atoms with van der Waals surface area (Å²) in [6.45, 7) is 5.49. The van der Waals surface area contributed by atoms with Crippen LogP contribution in [0, 0.1) is 0 Å². The molecule has 0 bridgehead atoms. The number of nitrogens with zero attached hydrogens (tertiary/aromatic N) is 3. The number of nitrogens with one attached hydrogen (secondary N) is 2. The van der Waals surface area contributed by atoms with E-state index in [0.717, 1.165) is 54.7 Å². The molecule has 3 rings (SSSR count). The molecule has 7 nitrogen and oxygen atoms in total. The van der Waals surface area contributed by atoms with Crippen molar-refractivity contribution in [2.45, 2.75) is 26.4 Å². The molecule has 0 aliphatic rings. The minimum Gasteiger partial charge on any atom is -0.497 e. The van der Waals surface area contributed by atoms with Crippen LogP contribution in [-0.2, 0) is 17.8 Å². The molecule has 1 aromatic heterocycles. The number of aromatic nitrogens is 2. The van der Waals surface area contributed by atoms with Gasteiger partial charge >= 0.3 is 0 Å². The van der Waals surface area contributed by atoms with Crippen LogP contribution in [0.25, 0.3) is 5.69 Å². The van der Waals surface area contributed by atoms with Crippen molar-refractivity contribution >= 4 is 5.96 Å². The lowest BCUT2D eigenvalue weighted by Gasteiger charge is -2.15. The number of hydrogen-bond acceptors (Lipinski definition) is 4. The van der Waals surface area contributed by atoms with Crippen molar-refractivity contribution in [3.63, 3.8) is 0 Å². The summed E-state index contributed by atoms with van der Waals surface area (Å²) in [5.41, 5.74) is 3.38. The van der Waals surface area contributed by atoms with Crippen LogP contribution in [0.4, 0.5) is 0 Å². The third-order valence-electron chi connectivity index (χ3n) is 4.76. The van der Waals surface area contributed by atoms with Crippen molar-refractivity contribution in [3.8, 4) is 11.4 Å². The Balaban J connectivity index is 1.66. The zero-order valence-corrected chi connectivity index (χ0v) is 18.3. The predicted octanol–water partition coefficient (Wildman–Crippen LogP) is 3.54. The second kappa shape index (κ2) is 12.4. The van der Waals surface area contributed by atoms with Crippen LogP contribution >= 0.6 is 0 Å². The molecule has 0 unspecified atom stereocenters. The van der Waals surface area contributed by atoms with Gasteiger partial charge in [0.15, 0.2) is 5.96 Å². The van der Waals surface area contributed by atoms with E-state index in [2.05, 4.69) is 27.8 Å². The third-order valence-corrected chi connectivity index (χ3v) is 4.76. The molecule has 0 fully saturated rings. The number of aliphatic imine (C=N–C) groups is 1. The molecule has 0 radical (unpaired) electrons. The van der Waals surface area contributed by atoms with Crippen molar-refractivity contribution in [3.05, 3.63) is 78.4 Å². The Morgan fingerprint density at radius 2 is 1.94 bits per heavy atom. The smallest absolute Gasteiger partial charge is 0.191 e. The molecule has 0 aliphatic heterocycles. The lowest BCUT2D eigenvalue weighted by Crippen LogP contribution is -2.38. The number of rotatable bonds is 11. The largest absolute Gasteiger partial charge is 0.497 e. The van der Waals surface area contributed by atoms with E-state index in [4.69, 9.17) is 14.5 Å². The number of para-hydroxylation sites is 1. The molecule has 0 amide bonds. The van der Waals surface area contributed by atoms with Gasteiger partial charge in [0.2, 0.25) is 0 Å². The van der Waals surface area contributed by atoms with E-state index in [1.54, 1.807) is 13.3 Å². The number of ether oxygens (including phenoxy) is 2. The Morgan fingerprint density at radius 3 is 2.68 bits per heavy atom. The molecule has 0 aliphatic carbocycles. The monoisotopic (exact) mass is 421 g/mol. The van der Waals surface area contributed by atoms with Crippen LogP contribution in [0.1, 0.15) is 24.5 Å². The molecule has 31 heavy (non-hydrogen) atoms. The van der Waals surface area contributed by atoms with Crippen LogP contribution in [0.5, 0.6) is 5.75 Å². The number of hydrogen-bond donors (Lipinski definition) is 2. The Hall–Kier alpha value is -3.32. The fourth-order valence-electron chi connectivity index (χ4n) is 3.09. The van der Waals surface area contributed by atoms with E-state index >= 15 is 0 Å². The van der Waals surface area contributed by atoms with Crippen molar-refractivity contribution in [1.29, 1.82) is 0 Å². The van der Waals surface area contributed by atoms with E-state index in [-0.39, 0.29) is 0 Å². The number of benzene rings is 2. The maximum Gasteiger partial charge on any atom is 0.191 e. The lowest BCUT2D eigenvalue weighted by atomic mass is 10.1. The molecule has 7 heteroatoms. The highest BCUT2D eigenvalue weighted by Gasteiger charge is 2.06. The summed E-state index contributed by atoms with van der Waals surface area (Å²) < 4.78 is 12.7. The number of imidazole rings is 1. The molecule has 0 atom stereocenters. The first kappa shape index (κ1) is 22.4. The molecular formula is C24H31N5O2. The maximum atomic E-state index is 5.43. The fraction of sp³-hybridized carbons (Fsp3) is 0.333. The standard InChI is InChI=1S/C24H31N5O2/c1-3-31-16-6-13-26-24(27-17-20-9-11-22(30-2)12-10-20)28-18-21-7-4-5-8-23(21)29-15-14-25-19-29/h4-5,7-12,14-15,19H,3,6,13,16-18H2,1-2H3,(H2,26,27,28). The average Bonchev–Trinajstić information content (AvgIpc) is 3.35. The van der Waals surface area contributed by atoms with Crippen molar-refractivity contribution < 1.29 is 9.47 Å². The van der Waals surface area contributed by atoms with E-state index in [1.165, 1.54) is 0 Å². The Kier molecular flexibility index (Phi) is 8.94. The quantitative estimate of drug-likeness (QED) is 0.281. The fourth-order valence-corrected chi connectivity index (χ4v) is 3.09. The molecule has 0 saturated carbocycles. The molecule has 0 saturated heterocycles. The molecule has 164 valence electrons. The Bertz CT molecular complexity index is 923. The summed E-state index contributed by atoms with van der Waals surface area (Å²) in [4.78, 5) is 8.93. The Labute approximate surface area is 184 Å². The minimum absolute atomic E-state index is 0.577. The summed E-state index contributed by atoms with van der Waals surface area (Å²) in [6, 6.07) is 16.2.